The number of nitrogens with zero attached hydrogens (tertiary/aromatic N) is 3. The molecule has 1 aliphatic heterocycles. The maximum absolute atomic E-state index is 13.3. The summed E-state index contributed by atoms with van der Waals surface area (Å²) in [4.78, 5) is 19.7. The molecule has 1 amide bonds. The minimum atomic E-state index is -0.589. The number of fused-ring (bicyclic) bond motifs is 2. The van der Waals surface area contributed by atoms with Crippen molar-refractivity contribution in [2.75, 3.05) is 13.1 Å². The summed E-state index contributed by atoms with van der Waals surface area (Å²) in [6.45, 7) is 1.51. The lowest BCUT2D eigenvalue weighted by Gasteiger charge is -2.47. The highest BCUT2D eigenvalue weighted by molar-refractivity contribution is 5.97. The van der Waals surface area contributed by atoms with E-state index < -0.39 is 5.60 Å². The van der Waals surface area contributed by atoms with Gasteiger partial charge in [-0.05, 0) is 43.5 Å². The van der Waals surface area contributed by atoms with E-state index in [9.17, 15) is 9.90 Å². The molecule has 1 saturated heterocycles. The van der Waals surface area contributed by atoms with Gasteiger partial charge in [0.25, 0.3) is 5.91 Å². The van der Waals surface area contributed by atoms with E-state index in [0.29, 0.717) is 37.4 Å². The van der Waals surface area contributed by atoms with Crippen LogP contribution in [0.5, 0.6) is 5.75 Å². The van der Waals surface area contributed by atoms with Crippen LogP contribution in [0.2, 0.25) is 0 Å². The lowest BCUT2D eigenvalue weighted by atomic mass is 9.71. The summed E-state index contributed by atoms with van der Waals surface area (Å²) >= 11 is 0. The van der Waals surface area contributed by atoms with Crippen LogP contribution < -0.4 is 4.74 Å². The molecular formula is C24H27N3O3. The molecule has 2 atom stereocenters. The number of rotatable bonds is 4. The summed E-state index contributed by atoms with van der Waals surface area (Å²) in [6, 6.07) is 13.3. The number of para-hydroxylation sites is 1. The minimum absolute atomic E-state index is 0.0202. The second kappa shape index (κ2) is 7.76. The summed E-state index contributed by atoms with van der Waals surface area (Å²) in [6.07, 6.45) is 8.62. The zero-order valence-corrected chi connectivity index (χ0v) is 17.0. The number of carbonyl (C=O) groups is 1. The molecule has 6 nitrogen and oxygen atoms in total. The number of piperidine rings is 1. The van der Waals surface area contributed by atoms with Crippen LogP contribution in [0, 0.1) is 5.92 Å². The molecule has 1 saturated carbocycles. The highest BCUT2D eigenvalue weighted by atomic mass is 16.5. The van der Waals surface area contributed by atoms with Gasteiger partial charge >= 0.3 is 0 Å². The third-order valence-corrected chi connectivity index (χ3v) is 6.62. The predicted molar refractivity (Wildman–Crippen MR) is 113 cm³/mol. The minimum Gasteiger partial charge on any atom is -0.486 e. The molecule has 0 spiro atoms. The summed E-state index contributed by atoms with van der Waals surface area (Å²) < 4.78 is 7.97. The van der Waals surface area contributed by atoms with Crippen molar-refractivity contribution in [2.24, 2.45) is 5.92 Å². The predicted octanol–water partition coefficient (Wildman–Crippen LogP) is 3.68. The zero-order valence-electron chi connectivity index (χ0n) is 17.0. The number of carbonyl (C=O) groups excluding carboxylic acids is 1. The van der Waals surface area contributed by atoms with Gasteiger partial charge < -0.3 is 19.1 Å². The van der Waals surface area contributed by atoms with Crippen molar-refractivity contribution in [3.8, 4) is 5.75 Å². The van der Waals surface area contributed by atoms with E-state index in [1.54, 1.807) is 0 Å². The van der Waals surface area contributed by atoms with Crippen molar-refractivity contribution in [3.63, 3.8) is 0 Å². The molecular weight excluding hydrogens is 378 g/mol. The molecule has 0 bridgehead atoms. The van der Waals surface area contributed by atoms with Crippen LogP contribution in [-0.2, 0) is 6.61 Å². The largest absolute Gasteiger partial charge is 0.486 e. The lowest BCUT2D eigenvalue weighted by molar-refractivity contribution is -0.0886. The summed E-state index contributed by atoms with van der Waals surface area (Å²) in [5.41, 5.74) is 1.67. The average Bonchev–Trinajstić information content (AvgIpc) is 3.20. The van der Waals surface area contributed by atoms with Crippen LogP contribution in [0.1, 0.15) is 48.2 Å². The van der Waals surface area contributed by atoms with E-state index in [2.05, 4.69) is 4.98 Å². The first-order valence-electron chi connectivity index (χ1n) is 10.8. The van der Waals surface area contributed by atoms with Crippen LogP contribution in [0.3, 0.4) is 0 Å². The molecule has 2 aliphatic rings. The van der Waals surface area contributed by atoms with Gasteiger partial charge in [-0.15, -0.1) is 0 Å². The molecule has 0 unspecified atom stereocenters. The fraction of sp³-hybridized carbons (Fsp3) is 0.417. The maximum atomic E-state index is 13.3. The standard InChI is InChI=1S/C24H27N3O3/c28-23(27-14-12-24(29)11-5-3-7-18(24)15-27)20-8-1-2-9-21(20)30-17-19-16-26-13-6-4-10-22(26)25-19/h1-2,4,6,8-10,13,16,18,29H,3,5,7,11-12,14-15,17H2/t18-,24-/m0/s1. The first kappa shape index (κ1) is 19.1. The molecule has 1 aromatic carbocycles. The van der Waals surface area contributed by atoms with Crippen LogP contribution >= 0.6 is 0 Å². The molecule has 1 aliphatic carbocycles. The number of aromatic nitrogens is 2. The average molecular weight is 405 g/mol. The highest BCUT2D eigenvalue weighted by Gasteiger charge is 2.44. The Labute approximate surface area is 176 Å². The molecule has 2 fully saturated rings. The first-order valence-corrected chi connectivity index (χ1v) is 10.8. The second-order valence-corrected chi connectivity index (χ2v) is 8.53. The van der Waals surface area contributed by atoms with Gasteiger partial charge in [0.2, 0.25) is 0 Å². The Hall–Kier alpha value is -2.86. The Kier molecular flexibility index (Phi) is 4.95. The Morgan fingerprint density at radius 2 is 2.03 bits per heavy atom. The Bertz CT molecular complexity index is 1030. The summed E-state index contributed by atoms with van der Waals surface area (Å²) in [5, 5.41) is 10.9. The molecule has 3 aromatic rings. The van der Waals surface area contributed by atoms with E-state index in [0.717, 1.165) is 37.0 Å². The first-order chi connectivity index (χ1) is 14.6. The summed E-state index contributed by atoms with van der Waals surface area (Å²) in [7, 11) is 0. The molecule has 3 heterocycles. The number of aliphatic hydroxyl groups is 1. The van der Waals surface area contributed by atoms with E-state index in [4.69, 9.17) is 4.74 Å². The van der Waals surface area contributed by atoms with Crippen molar-refractivity contribution >= 4 is 11.6 Å². The normalized spacial score (nSPS) is 23.9. The zero-order chi connectivity index (χ0) is 20.6. The van der Waals surface area contributed by atoms with Gasteiger partial charge in [-0.1, -0.05) is 31.0 Å². The van der Waals surface area contributed by atoms with Gasteiger partial charge in [-0.2, -0.15) is 0 Å². The Morgan fingerprint density at radius 1 is 1.17 bits per heavy atom. The second-order valence-electron chi connectivity index (χ2n) is 8.53. The fourth-order valence-corrected chi connectivity index (χ4v) is 4.90. The van der Waals surface area contributed by atoms with Crippen LogP contribution in [0.4, 0.5) is 0 Å². The number of hydrogen-bond donors (Lipinski definition) is 1. The Balaban J connectivity index is 1.31. The van der Waals surface area contributed by atoms with E-state index in [-0.39, 0.29) is 11.8 Å². The van der Waals surface area contributed by atoms with Gasteiger partial charge in [0.1, 0.15) is 18.0 Å². The van der Waals surface area contributed by atoms with E-state index in [1.807, 2.05) is 64.2 Å². The summed E-state index contributed by atoms with van der Waals surface area (Å²) in [5.74, 6) is 0.729. The number of amides is 1. The molecule has 2 aromatic heterocycles. The van der Waals surface area contributed by atoms with Crippen LogP contribution in [-0.4, -0.2) is 44.0 Å². The monoisotopic (exact) mass is 405 g/mol. The molecule has 156 valence electrons. The van der Waals surface area contributed by atoms with Gasteiger partial charge in [0.05, 0.1) is 16.9 Å². The third kappa shape index (κ3) is 3.56. The quantitative estimate of drug-likeness (QED) is 0.719. The van der Waals surface area contributed by atoms with E-state index >= 15 is 0 Å². The number of benzene rings is 1. The van der Waals surface area contributed by atoms with Gasteiger partial charge in [-0.3, -0.25) is 4.79 Å². The Morgan fingerprint density at radius 3 is 2.93 bits per heavy atom. The molecule has 30 heavy (non-hydrogen) atoms. The van der Waals surface area contributed by atoms with Crippen molar-refractivity contribution < 1.29 is 14.6 Å². The number of hydrogen-bond acceptors (Lipinski definition) is 4. The number of imidazole rings is 1. The van der Waals surface area contributed by atoms with Crippen LogP contribution in [0.15, 0.2) is 54.9 Å². The molecule has 6 heteroatoms. The maximum Gasteiger partial charge on any atom is 0.257 e. The van der Waals surface area contributed by atoms with Crippen molar-refractivity contribution in [1.29, 1.82) is 0 Å². The van der Waals surface area contributed by atoms with Gasteiger partial charge in [-0.25, -0.2) is 4.98 Å². The smallest absolute Gasteiger partial charge is 0.257 e. The number of likely N-dealkylation sites (tertiary alicyclic amines) is 1. The van der Waals surface area contributed by atoms with Gasteiger partial charge in [0, 0.05) is 31.4 Å². The van der Waals surface area contributed by atoms with E-state index in [1.165, 1.54) is 0 Å². The number of ether oxygens (including phenoxy) is 1. The van der Waals surface area contributed by atoms with Crippen molar-refractivity contribution in [3.05, 3.63) is 66.1 Å². The van der Waals surface area contributed by atoms with Crippen LogP contribution in [0.25, 0.3) is 5.65 Å². The molecule has 5 rings (SSSR count). The van der Waals surface area contributed by atoms with Gasteiger partial charge in [0.15, 0.2) is 0 Å². The van der Waals surface area contributed by atoms with Crippen molar-refractivity contribution in [2.45, 2.75) is 44.3 Å². The lowest BCUT2D eigenvalue weighted by Crippen LogP contribution is -2.54. The highest BCUT2D eigenvalue weighted by Crippen LogP contribution is 2.40. The van der Waals surface area contributed by atoms with Crippen molar-refractivity contribution in [1.82, 2.24) is 14.3 Å². The third-order valence-electron chi connectivity index (χ3n) is 6.62. The SMILES string of the molecule is O=C(c1ccccc1OCc1cn2ccccc2n1)N1CC[C@@]2(O)CCCC[C@H]2C1. The number of pyridine rings is 1. The molecule has 1 N–H and O–H groups in total. The fourth-order valence-electron chi connectivity index (χ4n) is 4.90. The molecule has 0 radical (unpaired) electrons. The topological polar surface area (TPSA) is 67.1 Å².